The second-order valence-corrected chi connectivity index (χ2v) is 2.93. The fourth-order valence-electron chi connectivity index (χ4n) is 1.38. The molecule has 0 unspecified atom stereocenters. The van der Waals surface area contributed by atoms with E-state index in [-0.39, 0.29) is 6.61 Å². The molecule has 0 aromatic carbocycles. The molecule has 0 saturated carbocycles. The molecule has 1 rings (SSSR count). The molecule has 70 valence electrons. The van der Waals surface area contributed by atoms with Gasteiger partial charge < -0.3 is 5.11 Å². The van der Waals surface area contributed by atoms with E-state index in [2.05, 4.69) is 11.2 Å². The maximum absolute atomic E-state index is 8.75. The van der Waals surface area contributed by atoms with Crippen LogP contribution in [0.15, 0.2) is 0 Å². The highest BCUT2D eigenvalue weighted by atomic mass is 16.3. The van der Waals surface area contributed by atoms with Crippen molar-refractivity contribution in [1.82, 2.24) is 9.78 Å². The van der Waals surface area contributed by atoms with Gasteiger partial charge in [0.25, 0.3) is 0 Å². The van der Waals surface area contributed by atoms with Gasteiger partial charge in [0.15, 0.2) is 0 Å². The van der Waals surface area contributed by atoms with Crippen molar-refractivity contribution in [2.45, 2.75) is 26.8 Å². The van der Waals surface area contributed by atoms with Crippen molar-refractivity contribution in [3.63, 3.8) is 0 Å². The van der Waals surface area contributed by atoms with Gasteiger partial charge in [0.1, 0.15) is 0 Å². The third-order valence-corrected chi connectivity index (χ3v) is 2.10. The number of aliphatic hydroxyl groups is 1. The Hall–Kier alpha value is -1.34. The molecule has 1 heterocycles. The van der Waals surface area contributed by atoms with Crippen LogP contribution in [0, 0.1) is 25.2 Å². The number of nitriles is 1. The van der Waals surface area contributed by atoms with E-state index in [9.17, 15) is 0 Å². The van der Waals surface area contributed by atoms with Gasteiger partial charge in [0.2, 0.25) is 0 Å². The van der Waals surface area contributed by atoms with Gasteiger partial charge in [-0.15, -0.1) is 0 Å². The second kappa shape index (κ2) is 4.06. The monoisotopic (exact) mass is 179 g/mol. The fraction of sp³-hybridized carbons (Fsp3) is 0.556. The summed E-state index contributed by atoms with van der Waals surface area (Å²) in [6.45, 7) is 4.38. The molecule has 0 atom stereocenters. The summed E-state index contributed by atoms with van der Waals surface area (Å²) in [5.74, 6) is 0. The smallest absolute Gasteiger partial charge is 0.0671 e. The van der Waals surface area contributed by atoms with Crippen LogP contribution >= 0.6 is 0 Å². The molecule has 4 nitrogen and oxygen atoms in total. The lowest BCUT2D eigenvalue weighted by molar-refractivity contribution is 0.268. The topological polar surface area (TPSA) is 61.8 Å². The van der Waals surface area contributed by atoms with Gasteiger partial charge in [-0.05, 0) is 13.8 Å². The Kier molecular flexibility index (Phi) is 3.04. The summed E-state index contributed by atoms with van der Waals surface area (Å²) >= 11 is 0. The van der Waals surface area contributed by atoms with Crippen LogP contribution in [0.2, 0.25) is 0 Å². The zero-order chi connectivity index (χ0) is 9.84. The van der Waals surface area contributed by atoms with Crippen LogP contribution in [0.5, 0.6) is 0 Å². The average molecular weight is 179 g/mol. The quantitative estimate of drug-likeness (QED) is 0.737. The molecule has 1 aromatic heterocycles. The van der Waals surface area contributed by atoms with Crippen LogP contribution in [-0.4, -0.2) is 21.5 Å². The van der Waals surface area contributed by atoms with Gasteiger partial charge in [0, 0.05) is 11.3 Å². The van der Waals surface area contributed by atoms with Crippen molar-refractivity contribution in [1.29, 1.82) is 5.26 Å². The van der Waals surface area contributed by atoms with Crippen molar-refractivity contribution in [2.75, 3.05) is 6.61 Å². The van der Waals surface area contributed by atoms with Crippen LogP contribution < -0.4 is 0 Å². The molecule has 0 amide bonds. The molecular formula is C9H13N3O. The van der Waals surface area contributed by atoms with E-state index in [1.54, 1.807) is 4.68 Å². The Labute approximate surface area is 77.4 Å². The van der Waals surface area contributed by atoms with Crippen LogP contribution in [-0.2, 0) is 13.0 Å². The number of hydrogen-bond donors (Lipinski definition) is 1. The molecule has 13 heavy (non-hydrogen) atoms. The second-order valence-electron chi connectivity index (χ2n) is 2.93. The number of hydrogen-bond acceptors (Lipinski definition) is 3. The fourth-order valence-corrected chi connectivity index (χ4v) is 1.38. The van der Waals surface area contributed by atoms with E-state index in [4.69, 9.17) is 10.4 Å². The van der Waals surface area contributed by atoms with Crippen LogP contribution in [0.3, 0.4) is 0 Å². The summed E-state index contributed by atoms with van der Waals surface area (Å²) in [4.78, 5) is 0. The maximum atomic E-state index is 8.75. The summed E-state index contributed by atoms with van der Waals surface area (Å²) in [6, 6.07) is 2.11. The molecule has 0 saturated heterocycles. The highest BCUT2D eigenvalue weighted by Gasteiger charge is 2.09. The van der Waals surface area contributed by atoms with Crippen LogP contribution in [0.1, 0.15) is 17.0 Å². The number of rotatable bonds is 3. The molecule has 0 bridgehead atoms. The van der Waals surface area contributed by atoms with E-state index < -0.39 is 0 Å². The summed E-state index contributed by atoms with van der Waals surface area (Å²) in [5, 5.41) is 21.5. The van der Waals surface area contributed by atoms with Crippen molar-refractivity contribution >= 4 is 0 Å². The van der Waals surface area contributed by atoms with E-state index in [0.717, 1.165) is 17.0 Å². The Bertz CT molecular complexity index is 335. The van der Waals surface area contributed by atoms with Crippen LogP contribution in [0.4, 0.5) is 0 Å². The molecule has 4 heteroatoms. The molecule has 0 spiro atoms. The van der Waals surface area contributed by atoms with Gasteiger partial charge in [-0.1, -0.05) is 0 Å². The Morgan fingerprint density at radius 1 is 1.54 bits per heavy atom. The molecule has 0 radical (unpaired) electrons. The molecule has 0 fully saturated rings. The lowest BCUT2D eigenvalue weighted by Gasteiger charge is -2.00. The standard InChI is InChI=1S/C9H13N3O/c1-7-9(3-4-10)8(2)12(11-7)5-6-13/h13H,3,5-6H2,1-2H3. The predicted molar refractivity (Wildman–Crippen MR) is 48.1 cm³/mol. The van der Waals surface area contributed by atoms with Gasteiger partial charge in [-0.3, -0.25) is 4.68 Å². The van der Waals surface area contributed by atoms with Crippen LogP contribution in [0.25, 0.3) is 0 Å². The summed E-state index contributed by atoms with van der Waals surface area (Å²) in [7, 11) is 0. The molecule has 0 aliphatic rings. The SMILES string of the molecule is Cc1nn(CCO)c(C)c1CC#N. The minimum atomic E-state index is 0.0773. The molecular weight excluding hydrogens is 166 g/mol. The van der Waals surface area contributed by atoms with E-state index >= 15 is 0 Å². The third-order valence-electron chi connectivity index (χ3n) is 2.10. The van der Waals surface area contributed by atoms with Crippen molar-refractivity contribution in [3.05, 3.63) is 17.0 Å². The Balaban J connectivity index is 3.01. The van der Waals surface area contributed by atoms with Crippen molar-refractivity contribution in [2.24, 2.45) is 0 Å². The average Bonchev–Trinajstić information content (AvgIpc) is 2.34. The minimum absolute atomic E-state index is 0.0773. The number of aryl methyl sites for hydroxylation is 1. The minimum Gasteiger partial charge on any atom is -0.394 e. The zero-order valence-electron chi connectivity index (χ0n) is 7.91. The van der Waals surface area contributed by atoms with E-state index in [1.807, 2.05) is 13.8 Å². The normalized spacial score (nSPS) is 10.0. The Morgan fingerprint density at radius 2 is 2.23 bits per heavy atom. The first-order valence-corrected chi connectivity index (χ1v) is 4.21. The first-order valence-electron chi connectivity index (χ1n) is 4.21. The molecule has 0 aliphatic carbocycles. The Morgan fingerprint density at radius 3 is 2.77 bits per heavy atom. The highest BCUT2D eigenvalue weighted by Crippen LogP contribution is 2.12. The predicted octanol–water partition coefficient (Wildman–Crippen LogP) is 0.558. The van der Waals surface area contributed by atoms with Crippen molar-refractivity contribution in [3.8, 4) is 6.07 Å². The lowest BCUT2D eigenvalue weighted by Crippen LogP contribution is -2.06. The van der Waals surface area contributed by atoms with Crippen molar-refractivity contribution < 1.29 is 5.11 Å². The largest absolute Gasteiger partial charge is 0.394 e. The van der Waals surface area contributed by atoms with E-state index in [1.165, 1.54) is 0 Å². The maximum Gasteiger partial charge on any atom is 0.0671 e. The lowest BCUT2D eigenvalue weighted by atomic mass is 10.1. The number of nitrogens with zero attached hydrogens (tertiary/aromatic N) is 3. The first-order chi connectivity index (χ1) is 6.20. The number of aliphatic hydroxyl groups excluding tert-OH is 1. The first kappa shape index (κ1) is 9.75. The summed E-state index contributed by atoms with van der Waals surface area (Å²) in [5.41, 5.74) is 2.84. The van der Waals surface area contributed by atoms with Gasteiger partial charge in [0.05, 0.1) is 31.3 Å². The molecule has 0 aliphatic heterocycles. The van der Waals surface area contributed by atoms with Gasteiger partial charge in [-0.25, -0.2) is 0 Å². The molecule has 1 aromatic rings. The highest BCUT2D eigenvalue weighted by molar-refractivity contribution is 5.27. The van der Waals surface area contributed by atoms with Gasteiger partial charge in [-0.2, -0.15) is 10.4 Å². The molecule has 1 N–H and O–H groups in total. The van der Waals surface area contributed by atoms with E-state index in [0.29, 0.717) is 13.0 Å². The number of aromatic nitrogens is 2. The summed E-state index contributed by atoms with van der Waals surface area (Å²) in [6.07, 6.45) is 0.392. The summed E-state index contributed by atoms with van der Waals surface area (Å²) < 4.78 is 1.74. The zero-order valence-corrected chi connectivity index (χ0v) is 7.91. The third kappa shape index (κ3) is 1.87. The van der Waals surface area contributed by atoms with Gasteiger partial charge >= 0.3 is 0 Å².